The number of nitrogens with one attached hydrogen (secondary N) is 1. The van der Waals surface area contributed by atoms with Crippen LogP contribution in [0.15, 0.2) is 29.0 Å². The predicted octanol–water partition coefficient (Wildman–Crippen LogP) is 1.26. The third kappa shape index (κ3) is 6.56. The summed E-state index contributed by atoms with van der Waals surface area (Å²) in [5, 5.41) is 2.39. The van der Waals surface area contributed by atoms with E-state index in [9.17, 15) is 9.18 Å². The molecule has 1 amide bonds. The van der Waals surface area contributed by atoms with Gasteiger partial charge in [-0.25, -0.2) is 4.99 Å². The van der Waals surface area contributed by atoms with E-state index in [1.165, 1.54) is 19.9 Å². The highest BCUT2D eigenvalue weighted by Gasteiger charge is 2.08. The lowest BCUT2D eigenvalue weighted by Crippen LogP contribution is -2.37. The number of halogens is 1. The minimum absolute atomic E-state index is 0.102. The van der Waals surface area contributed by atoms with Crippen LogP contribution < -0.4 is 11.1 Å². The lowest BCUT2D eigenvalue weighted by Gasteiger charge is -2.07. The van der Waals surface area contributed by atoms with E-state index in [0.717, 1.165) is 0 Å². The first-order valence-electron chi connectivity index (χ1n) is 4.47. The first-order chi connectivity index (χ1) is 6.82. The maximum atomic E-state index is 12.6. The molecule has 1 unspecified atom stereocenters. The smallest absolute Gasteiger partial charge is 0.242 e. The average Bonchev–Trinajstić information content (AvgIpc) is 2.00. The largest absolute Gasteiger partial charge is 0.320 e. The summed E-state index contributed by atoms with van der Waals surface area (Å²) in [4.78, 5) is 14.7. The zero-order valence-corrected chi connectivity index (χ0v) is 9.17. The van der Waals surface area contributed by atoms with Crippen LogP contribution in [0.25, 0.3) is 0 Å². The molecular weight excluding hydrogens is 197 g/mol. The maximum Gasteiger partial charge on any atom is 0.242 e. The van der Waals surface area contributed by atoms with Gasteiger partial charge in [0.15, 0.2) is 5.97 Å². The van der Waals surface area contributed by atoms with E-state index in [1.54, 1.807) is 6.92 Å². The average molecular weight is 213 g/mol. The minimum atomic E-state index is -0.673. The Bertz CT molecular complexity index is 315. The van der Waals surface area contributed by atoms with E-state index in [2.05, 4.69) is 16.9 Å². The Balaban J connectivity index is 4.75. The second-order valence-corrected chi connectivity index (χ2v) is 3.26. The zero-order chi connectivity index (χ0) is 12.0. The highest BCUT2D eigenvalue weighted by Crippen LogP contribution is 2.00. The number of nitrogens with two attached hydrogens (primary N) is 1. The van der Waals surface area contributed by atoms with Crippen molar-refractivity contribution in [2.24, 2.45) is 10.7 Å². The molecule has 0 spiro atoms. The molecule has 15 heavy (non-hydrogen) atoms. The number of allylic oxidation sites excluding steroid dienone is 2. The number of nitrogens with zero attached hydrogens (tertiary/aromatic N) is 1. The molecule has 0 aromatic heterocycles. The molecule has 1 atom stereocenters. The number of rotatable bonds is 4. The molecule has 0 aliphatic carbocycles. The number of carbonyl (C=O) groups is 1. The molecule has 4 nitrogen and oxygen atoms in total. The highest BCUT2D eigenvalue weighted by molar-refractivity contribution is 5.83. The van der Waals surface area contributed by atoms with E-state index in [4.69, 9.17) is 5.73 Å². The van der Waals surface area contributed by atoms with Gasteiger partial charge in [-0.1, -0.05) is 12.2 Å². The van der Waals surface area contributed by atoms with Crippen molar-refractivity contribution >= 4 is 11.9 Å². The summed E-state index contributed by atoms with van der Waals surface area (Å²) in [6.07, 6.45) is 1.46. The minimum Gasteiger partial charge on any atom is -0.320 e. The Kier molecular flexibility index (Phi) is 5.48. The molecule has 0 aromatic rings. The van der Waals surface area contributed by atoms with Gasteiger partial charge in [-0.05, 0) is 19.9 Å². The number of aliphatic imine (C=N–C) groups is 1. The fourth-order valence-corrected chi connectivity index (χ4v) is 0.736. The first kappa shape index (κ1) is 13.5. The van der Waals surface area contributed by atoms with E-state index in [-0.39, 0.29) is 5.82 Å². The summed E-state index contributed by atoms with van der Waals surface area (Å²) in [6.45, 7) is 8.03. The van der Waals surface area contributed by atoms with Gasteiger partial charge in [0.1, 0.15) is 5.82 Å². The Morgan fingerprint density at radius 2 is 2.13 bits per heavy atom. The molecule has 5 heteroatoms. The van der Waals surface area contributed by atoms with E-state index >= 15 is 0 Å². The second kappa shape index (κ2) is 6.08. The zero-order valence-electron chi connectivity index (χ0n) is 9.17. The third-order valence-corrected chi connectivity index (χ3v) is 1.32. The van der Waals surface area contributed by atoms with Crippen LogP contribution in [0.2, 0.25) is 0 Å². The second-order valence-electron chi connectivity index (χ2n) is 3.26. The Labute approximate surface area is 88.8 Å². The lowest BCUT2D eigenvalue weighted by molar-refractivity contribution is -0.121. The van der Waals surface area contributed by atoms with Crippen LogP contribution >= 0.6 is 0 Å². The summed E-state index contributed by atoms with van der Waals surface area (Å²) < 4.78 is 12.6. The lowest BCUT2D eigenvalue weighted by atomic mass is 10.3. The summed E-state index contributed by atoms with van der Waals surface area (Å²) in [6, 6.07) is -0.673. The molecule has 0 bridgehead atoms. The van der Waals surface area contributed by atoms with Gasteiger partial charge in [-0.15, -0.1) is 0 Å². The molecule has 0 fully saturated rings. The molecule has 0 heterocycles. The topological polar surface area (TPSA) is 67.5 Å². The van der Waals surface area contributed by atoms with Gasteiger partial charge < -0.3 is 11.1 Å². The molecule has 0 aromatic carbocycles. The summed E-state index contributed by atoms with van der Waals surface area (Å²) in [5.74, 6) is -0.968. The van der Waals surface area contributed by atoms with Crippen LogP contribution in [0.3, 0.4) is 0 Å². The standard InChI is InChI=1S/C10H16FN3O/c1-6(2)5-9(13-8(4)11)14-10(15)7(3)12/h5,7H,1,12H2,2-4H3,(H,14,15)/b9-5+,13-8+. The van der Waals surface area contributed by atoms with Crippen LogP contribution in [-0.2, 0) is 4.79 Å². The van der Waals surface area contributed by atoms with Gasteiger partial charge >= 0.3 is 0 Å². The van der Waals surface area contributed by atoms with Crippen LogP contribution in [0, 0.1) is 0 Å². The fourth-order valence-electron chi connectivity index (χ4n) is 0.736. The van der Waals surface area contributed by atoms with E-state index in [1.807, 2.05) is 0 Å². The normalized spacial score (nSPS) is 14.7. The number of hydrogen-bond donors (Lipinski definition) is 2. The van der Waals surface area contributed by atoms with Gasteiger partial charge in [0.05, 0.1) is 6.04 Å². The summed E-state index contributed by atoms with van der Waals surface area (Å²) >= 11 is 0. The molecule has 3 N–H and O–H groups in total. The van der Waals surface area contributed by atoms with Gasteiger partial charge in [0.25, 0.3) is 0 Å². The maximum absolute atomic E-state index is 12.6. The van der Waals surface area contributed by atoms with Crippen molar-refractivity contribution in [2.75, 3.05) is 0 Å². The van der Waals surface area contributed by atoms with Crippen molar-refractivity contribution in [1.82, 2.24) is 5.32 Å². The van der Waals surface area contributed by atoms with Crippen molar-refractivity contribution in [3.8, 4) is 0 Å². The van der Waals surface area contributed by atoms with Gasteiger partial charge in [0, 0.05) is 6.92 Å². The van der Waals surface area contributed by atoms with Crippen molar-refractivity contribution in [3.05, 3.63) is 24.0 Å². The third-order valence-electron chi connectivity index (χ3n) is 1.32. The summed E-state index contributed by atoms with van der Waals surface area (Å²) in [5.41, 5.74) is 5.99. The van der Waals surface area contributed by atoms with Gasteiger partial charge in [-0.2, -0.15) is 4.39 Å². The predicted molar refractivity (Wildman–Crippen MR) is 58.9 cm³/mol. The first-order valence-corrected chi connectivity index (χ1v) is 4.47. The molecular formula is C10H16FN3O. The van der Waals surface area contributed by atoms with E-state index < -0.39 is 17.9 Å². The van der Waals surface area contributed by atoms with Crippen LogP contribution in [0.5, 0.6) is 0 Å². The molecule has 0 saturated carbocycles. The Morgan fingerprint density at radius 1 is 1.60 bits per heavy atom. The van der Waals surface area contributed by atoms with Gasteiger partial charge in [0.2, 0.25) is 5.91 Å². The molecule has 0 radical (unpaired) electrons. The fraction of sp³-hybridized carbons (Fsp3) is 0.400. The van der Waals surface area contributed by atoms with E-state index in [0.29, 0.717) is 5.57 Å². The van der Waals surface area contributed by atoms with Crippen molar-refractivity contribution in [2.45, 2.75) is 26.8 Å². The Morgan fingerprint density at radius 3 is 2.47 bits per heavy atom. The molecule has 0 rings (SSSR count). The number of carbonyl (C=O) groups excluding carboxylic acids is 1. The quantitative estimate of drug-likeness (QED) is 0.545. The molecule has 0 saturated heterocycles. The highest BCUT2D eigenvalue weighted by atomic mass is 19.1. The van der Waals surface area contributed by atoms with Crippen LogP contribution in [0.4, 0.5) is 4.39 Å². The van der Waals surface area contributed by atoms with Crippen molar-refractivity contribution in [3.63, 3.8) is 0 Å². The van der Waals surface area contributed by atoms with Crippen LogP contribution in [0.1, 0.15) is 20.8 Å². The van der Waals surface area contributed by atoms with Crippen LogP contribution in [-0.4, -0.2) is 17.9 Å². The molecule has 0 aliphatic rings. The van der Waals surface area contributed by atoms with Crippen molar-refractivity contribution in [1.29, 1.82) is 0 Å². The van der Waals surface area contributed by atoms with Crippen molar-refractivity contribution < 1.29 is 9.18 Å². The molecule has 84 valence electrons. The number of hydrogen-bond acceptors (Lipinski definition) is 3. The number of amides is 1. The molecule has 0 aliphatic heterocycles. The summed E-state index contributed by atoms with van der Waals surface area (Å²) in [7, 11) is 0. The van der Waals surface area contributed by atoms with Gasteiger partial charge in [-0.3, -0.25) is 4.79 Å². The Hall–Kier alpha value is -1.49. The monoisotopic (exact) mass is 213 g/mol. The SMILES string of the molecule is C=C(C)/C=C(\N=C(/C)F)NC(=O)C(C)N.